The highest BCUT2D eigenvalue weighted by Gasteiger charge is 2.19. The van der Waals surface area contributed by atoms with Crippen LogP contribution in [0.25, 0.3) is 0 Å². The third kappa shape index (κ3) is 3.90. The normalized spacial score (nSPS) is 14.2. The molecule has 138 valence electrons. The lowest BCUT2D eigenvalue weighted by Crippen LogP contribution is -2.43. The molecule has 26 heavy (non-hydrogen) atoms. The number of benzene rings is 2. The Hall–Kier alpha value is -1.95. The van der Waals surface area contributed by atoms with E-state index < -0.39 is 0 Å². The highest BCUT2D eigenvalue weighted by molar-refractivity contribution is 6.42. The van der Waals surface area contributed by atoms with E-state index in [-0.39, 0.29) is 5.91 Å². The van der Waals surface area contributed by atoms with Crippen molar-refractivity contribution in [2.75, 3.05) is 50.1 Å². The minimum absolute atomic E-state index is 0.153. The lowest BCUT2D eigenvalue weighted by atomic mass is 10.1. The molecule has 0 unspecified atom stereocenters. The Balaban J connectivity index is 1.89. The van der Waals surface area contributed by atoms with Gasteiger partial charge in [-0.3, -0.25) is 4.79 Å². The second-order valence-electron chi connectivity index (χ2n) is 6.09. The summed E-state index contributed by atoms with van der Waals surface area (Å²) in [6, 6.07) is 10.6. The van der Waals surface area contributed by atoms with Gasteiger partial charge in [0.1, 0.15) is 5.75 Å². The molecule has 0 radical (unpaired) electrons. The molecule has 1 aliphatic rings. The Bertz CT molecular complexity index is 807. The van der Waals surface area contributed by atoms with E-state index in [0.29, 0.717) is 15.6 Å². The van der Waals surface area contributed by atoms with Crippen LogP contribution < -0.4 is 19.9 Å². The van der Waals surface area contributed by atoms with Crippen molar-refractivity contribution < 1.29 is 9.53 Å². The molecule has 5 nitrogen and oxygen atoms in total. The maximum absolute atomic E-state index is 12.8. The maximum Gasteiger partial charge on any atom is 0.258 e. The molecule has 1 heterocycles. The largest absolute Gasteiger partial charge is 0.495 e. The smallest absolute Gasteiger partial charge is 0.258 e. The Morgan fingerprint density at radius 1 is 1.12 bits per heavy atom. The van der Waals surface area contributed by atoms with Gasteiger partial charge < -0.3 is 19.9 Å². The Morgan fingerprint density at radius 3 is 2.50 bits per heavy atom. The van der Waals surface area contributed by atoms with Crippen molar-refractivity contribution in [2.24, 2.45) is 0 Å². The summed E-state index contributed by atoms with van der Waals surface area (Å²) in [5, 5.41) is 4.13. The van der Waals surface area contributed by atoms with Gasteiger partial charge in [-0.2, -0.15) is 0 Å². The molecule has 0 bridgehead atoms. The molecule has 1 N–H and O–H groups in total. The molecule has 1 amide bonds. The predicted molar refractivity (Wildman–Crippen MR) is 107 cm³/mol. The summed E-state index contributed by atoms with van der Waals surface area (Å²) >= 11 is 12.0. The van der Waals surface area contributed by atoms with E-state index in [2.05, 4.69) is 10.2 Å². The van der Waals surface area contributed by atoms with Gasteiger partial charge in [0.15, 0.2) is 0 Å². The zero-order chi connectivity index (χ0) is 18.7. The van der Waals surface area contributed by atoms with Crippen molar-refractivity contribution >= 4 is 40.5 Å². The van der Waals surface area contributed by atoms with Crippen LogP contribution in [-0.4, -0.2) is 46.2 Å². The molecule has 0 saturated carbocycles. The average molecular weight is 394 g/mol. The summed E-state index contributed by atoms with van der Waals surface area (Å²) in [7, 11) is 3.40. The van der Waals surface area contributed by atoms with Crippen molar-refractivity contribution in [3.05, 3.63) is 52.0 Å². The summed E-state index contributed by atoms with van der Waals surface area (Å²) in [6.07, 6.45) is 0. The summed E-state index contributed by atoms with van der Waals surface area (Å²) in [6.45, 7) is 3.63. The van der Waals surface area contributed by atoms with Crippen molar-refractivity contribution in [3.8, 4) is 5.75 Å². The van der Waals surface area contributed by atoms with Crippen LogP contribution in [-0.2, 0) is 0 Å². The number of amides is 1. The van der Waals surface area contributed by atoms with Crippen LogP contribution in [0.2, 0.25) is 10.0 Å². The summed E-state index contributed by atoms with van der Waals surface area (Å²) in [4.78, 5) is 16.7. The van der Waals surface area contributed by atoms with Crippen molar-refractivity contribution in [1.82, 2.24) is 5.32 Å². The second kappa shape index (κ2) is 8.16. The van der Waals surface area contributed by atoms with E-state index in [4.69, 9.17) is 27.9 Å². The number of methoxy groups -OCH3 is 1. The van der Waals surface area contributed by atoms with Gasteiger partial charge in [-0.25, -0.2) is 0 Å². The number of piperazine rings is 1. The topological polar surface area (TPSA) is 44.8 Å². The molecule has 0 atom stereocenters. The number of anilines is 2. The number of carbonyl (C=O) groups excluding carboxylic acids is 1. The first-order valence-corrected chi connectivity index (χ1v) is 9.13. The molecule has 3 rings (SSSR count). The molecule has 0 aromatic heterocycles. The number of hydrogen-bond donors (Lipinski definition) is 1. The molecule has 0 aliphatic carbocycles. The van der Waals surface area contributed by atoms with Gasteiger partial charge in [-0.05, 0) is 36.4 Å². The van der Waals surface area contributed by atoms with Gasteiger partial charge in [0.2, 0.25) is 0 Å². The first-order valence-electron chi connectivity index (χ1n) is 8.38. The number of carbonyl (C=O) groups is 1. The number of rotatable bonds is 4. The van der Waals surface area contributed by atoms with Gasteiger partial charge in [0.25, 0.3) is 5.91 Å². The maximum atomic E-state index is 12.8. The Labute approximate surface area is 163 Å². The number of ether oxygens (including phenoxy) is 1. The first-order chi connectivity index (χ1) is 12.5. The molecule has 1 saturated heterocycles. The van der Waals surface area contributed by atoms with Gasteiger partial charge in [0, 0.05) is 44.5 Å². The fourth-order valence-electron chi connectivity index (χ4n) is 2.98. The zero-order valence-electron chi connectivity index (χ0n) is 14.8. The predicted octanol–water partition coefficient (Wildman–Crippen LogP) is 3.69. The summed E-state index contributed by atoms with van der Waals surface area (Å²) in [5.74, 6) is 0.644. The van der Waals surface area contributed by atoms with Gasteiger partial charge in [-0.1, -0.05) is 23.2 Å². The van der Waals surface area contributed by atoms with Crippen LogP contribution >= 0.6 is 23.2 Å². The van der Waals surface area contributed by atoms with Crippen LogP contribution in [0.4, 0.5) is 11.4 Å². The van der Waals surface area contributed by atoms with E-state index in [0.717, 1.165) is 43.3 Å². The molecule has 7 heteroatoms. The van der Waals surface area contributed by atoms with Crippen LogP contribution in [0, 0.1) is 0 Å². The van der Waals surface area contributed by atoms with Crippen LogP contribution in [0.3, 0.4) is 0 Å². The highest BCUT2D eigenvalue weighted by atomic mass is 35.5. The highest BCUT2D eigenvalue weighted by Crippen LogP contribution is 2.33. The minimum Gasteiger partial charge on any atom is -0.495 e. The fraction of sp³-hybridized carbons (Fsp3) is 0.316. The Kier molecular flexibility index (Phi) is 5.91. The van der Waals surface area contributed by atoms with Crippen LogP contribution in [0.5, 0.6) is 5.75 Å². The van der Waals surface area contributed by atoms with E-state index in [9.17, 15) is 4.79 Å². The molecule has 2 aromatic rings. The molecular formula is C19H21Cl2N3O2. The molecule has 1 fully saturated rings. The SMILES string of the molecule is COc1ccc(N(C)C(=O)c2ccc(Cl)c(Cl)c2)cc1N1CCNCC1. The Morgan fingerprint density at radius 2 is 1.85 bits per heavy atom. The molecule has 2 aromatic carbocycles. The van der Waals surface area contributed by atoms with Crippen LogP contribution in [0.15, 0.2) is 36.4 Å². The van der Waals surface area contributed by atoms with Gasteiger partial charge in [-0.15, -0.1) is 0 Å². The van der Waals surface area contributed by atoms with Crippen molar-refractivity contribution in [2.45, 2.75) is 0 Å². The molecule has 0 spiro atoms. The van der Waals surface area contributed by atoms with E-state index in [1.165, 1.54) is 0 Å². The molecule has 1 aliphatic heterocycles. The number of nitrogens with one attached hydrogen (secondary N) is 1. The summed E-state index contributed by atoms with van der Waals surface area (Å²) in [5.41, 5.74) is 2.26. The number of nitrogens with zero attached hydrogens (tertiary/aromatic N) is 2. The van der Waals surface area contributed by atoms with Gasteiger partial charge in [0.05, 0.1) is 22.8 Å². The lowest BCUT2D eigenvalue weighted by Gasteiger charge is -2.31. The first kappa shape index (κ1) is 18.8. The number of halogens is 2. The molecular weight excluding hydrogens is 373 g/mol. The summed E-state index contributed by atoms with van der Waals surface area (Å²) < 4.78 is 5.51. The van der Waals surface area contributed by atoms with E-state index in [1.54, 1.807) is 37.3 Å². The monoisotopic (exact) mass is 393 g/mol. The van der Waals surface area contributed by atoms with Crippen molar-refractivity contribution in [1.29, 1.82) is 0 Å². The lowest BCUT2D eigenvalue weighted by molar-refractivity contribution is 0.0993. The minimum atomic E-state index is -0.153. The standard InChI is InChI=1S/C19H21Cl2N3O2/c1-23(19(25)13-3-5-15(20)16(21)11-13)14-4-6-18(26-2)17(12-14)24-9-7-22-8-10-24/h3-6,11-12,22H,7-10H2,1-2H3. The average Bonchev–Trinajstić information content (AvgIpc) is 2.69. The number of hydrogen-bond acceptors (Lipinski definition) is 4. The quantitative estimate of drug-likeness (QED) is 0.859. The van der Waals surface area contributed by atoms with Gasteiger partial charge >= 0.3 is 0 Å². The fourth-order valence-corrected chi connectivity index (χ4v) is 3.28. The van der Waals surface area contributed by atoms with E-state index in [1.807, 2.05) is 18.2 Å². The third-order valence-corrected chi connectivity index (χ3v) is 5.22. The van der Waals surface area contributed by atoms with E-state index >= 15 is 0 Å². The second-order valence-corrected chi connectivity index (χ2v) is 6.90. The van der Waals surface area contributed by atoms with Crippen LogP contribution in [0.1, 0.15) is 10.4 Å². The van der Waals surface area contributed by atoms with Crippen molar-refractivity contribution in [3.63, 3.8) is 0 Å². The zero-order valence-corrected chi connectivity index (χ0v) is 16.3. The third-order valence-electron chi connectivity index (χ3n) is 4.48.